The Bertz CT molecular complexity index is 287. The first-order valence-electron chi connectivity index (χ1n) is 3.39. The van der Waals surface area contributed by atoms with Crippen molar-refractivity contribution in [3.63, 3.8) is 0 Å². The number of nitriles is 1. The summed E-state index contributed by atoms with van der Waals surface area (Å²) in [6.07, 6.45) is 1.42. The first-order chi connectivity index (χ1) is 6.11. The van der Waals surface area contributed by atoms with Gasteiger partial charge in [-0.3, -0.25) is 10.1 Å². The molecule has 0 radical (unpaired) electrons. The third kappa shape index (κ3) is 4.42. The minimum absolute atomic E-state index is 0.184. The molecule has 0 aromatic carbocycles. The van der Waals surface area contributed by atoms with Crippen molar-refractivity contribution >= 4 is 0 Å². The molecule has 1 N–H and O–H groups in total. The van der Waals surface area contributed by atoms with Crippen LogP contribution in [0.3, 0.4) is 0 Å². The van der Waals surface area contributed by atoms with Crippen LogP contribution in [0.5, 0.6) is 0 Å². The number of ether oxygens (including phenoxy) is 1. The SMILES string of the molecule is CCO/C(O)=C(C#N)/C=C/[N+](=O)[O-]. The van der Waals surface area contributed by atoms with Crippen LogP contribution < -0.4 is 0 Å². The van der Waals surface area contributed by atoms with Gasteiger partial charge in [0.2, 0.25) is 6.20 Å². The van der Waals surface area contributed by atoms with Gasteiger partial charge < -0.3 is 9.84 Å². The van der Waals surface area contributed by atoms with Crippen LogP contribution in [0, 0.1) is 21.4 Å². The fourth-order valence-electron chi connectivity index (χ4n) is 0.506. The van der Waals surface area contributed by atoms with Crippen molar-refractivity contribution < 1.29 is 14.8 Å². The molecule has 0 spiro atoms. The normalized spacial score (nSPS) is 12.0. The van der Waals surface area contributed by atoms with E-state index in [9.17, 15) is 10.1 Å². The topological polar surface area (TPSA) is 96.4 Å². The molecule has 13 heavy (non-hydrogen) atoms. The van der Waals surface area contributed by atoms with Gasteiger partial charge in [-0.2, -0.15) is 5.26 Å². The molecule has 0 atom stereocenters. The number of aliphatic hydroxyl groups is 1. The van der Waals surface area contributed by atoms with Gasteiger partial charge in [0.25, 0.3) is 5.95 Å². The van der Waals surface area contributed by atoms with E-state index in [4.69, 9.17) is 10.4 Å². The van der Waals surface area contributed by atoms with Crippen molar-refractivity contribution in [1.29, 1.82) is 5.26 Å². The second-order valence-corrected chi connectivity index (χ2v) is 1.86. The van der Waals surface area contributed by atoms with E-state index in [-0.39, 0.29) is 12.2 Å². The van der Waals surface area contributed by atoms with E-state index < -0.39 is 10.9 Å². The maximum atomic E-state index is 9.86. The highest BCUT2D eigenvalue weighted by Crippen LogP contribution is 2.03. The van der Waals surface area contributed by atoms with Crippen LogP contribution in [0.15, 0.2) is 23.8 Å². The van der Waals surface area contributed by atoms with E-state index >= 15 is 0 Å². The molecule has 6 nitrogen and oxygen atoms in total. The van der Waals surface area contributed by atoms with Crippen LogP contribution in [0.1, 0.15) is 6.92 Å². The number of aliphatic hydroxyl groups excluding tert-OH is 1. The Morgan fingerprint density at radius 1 is 1.85 bits per heavy atom. The van der Waals surface area contributed by atoms with E-state index in [2.05, 4.69) is 4.74 Å². The highest BCUT2D eigenvalue weighted by atomic mass is 16.6. The largest absolute Gasteiger partial charge is 0.480 e. The van der Waals surface area contributed by atoms with Crippen LogP contribution in [0.2, 0.25) is 0 Å². The quantitative estimate of drug-likeness (QED) is 0.232. The fraction of sp³-hybridized carbons (Fsp3) is 0.286. The van der Waals surface area contributed by atoms with Gasteiger partial charge in [-0.25, -0.2) is 0 Å². The summed E-state index contributed by atoms with van der Waals surface area (Å²) in [4.78, 5) is 9.12. The highest BCUT2D eigenvalue weighted by Gasteiger charge is 2.03. The monoisotopic (exact) mass is 184 g/mol. The summed E-state index contributed by atoms with van der Waals surface area (Å²) < 4.78 is 4.57. The molecule has 0 saturated carbocycles. The zero-order chi connectivity index (χ0) is 10.3. The Morgan fingerprint density at radius 3 is 2.85 bits per heavy atom. The Hall–Kier alpha value is -2.03. The summed E-state index contributed by atoms with van der Waals surface area (Å²) in [6.45, 7) is 1.80. The minimum Gasteiger partial charge on any atom is -0.480 e. The zero-order valence-electron chi connectivity index (χ0n) is 6.93. The van der Waals surface area contributed by atoms with Crippen molar-refractivity contribution in [2.24, 2.45) is 0 Å². The maximum absolute atomic E-state index is 9.86. The number of nitro groups is 1. The van der Waals surface area contributed by atoms with Crippen LogP contribution in [0.25, 0.3) is 0 Å². The number of hydrogen-bond acceptors (Lipinski definition) is 5. The molecular formula is C7H8N2O4. The van der Waals surface area contributed by atoms with Gasteiger partial charge in [-0.15, -0.1) is 0 Å². The van der Waals surface area contributed by atoms with Crippen molar-refractivity contribution in [2.45, 2.75) is 6.92 Å². The summed E-state index contributed by atoms with van der Waals surface area (Å²) in [6, 6.07) is 1.56. The highest BCUT2D eigenvalue weighted by molar-refractivity contribution is 5.32. The van der Waals surface area contributed by atoms with Crippen LogP contribution in [-0.2, 0) is 4.74 Å². The second-order valence-electron chi connectivity index (χ2n) is 1.86. The Balaban J connectivity index is 4.61. The third-order valence-corrected chi connectivity index (χ3v) is 0.995. The summed E-state index contributed by atoms with van der Waals surface area (Å²) in [5, 5.41) is 27.3. The predicted molar refractivity (Wildman–Crippen MR) is 43.0 cm³/mol. The summed E-state index contributed by atoms with van der Waals surface area (Å²) in [7, 11) is 0. The van der Waals surface area contributed by atoms with Gasteiger partial charge in [0, 0.05) is 6.08 Å². The molecule has 0 fully saturated rings. The molecule has 6 heteroatoms. The molecule has 0 aliphatic carbocycles. The van der Waals surface area contributed by atoms with E-state index in [1.807, 2.05) is 0 Å². The lowest BCUT2D eigenvalue weighted by Gasteiger charge is -1.99. The zero-order valence-corrected chi connectivity index (χ0v) is 6.93. The average Bonchev–Trinajstić information content (AvgIpc) is 2.05. The number of rotatable bonds is 4. The molecule has 0 rings (SSSR count). The van der Waals surface area contributed by atoms with Crippen LogP contribution in [-0.4, -0.2) is 16.6 Å². The minimum atomic E-state index is -0.740. The molecular weight excluding hydrogens is 176 g/mol. The van der Waals surface area contributed by atoms with E-state index in [0.29, 0.717) is 6.20 Å². The molecule has 0 saturated heterocycles. The second kappa shape index (κ2) is 5.60. The van der Waals surface area contributed by atoms with Crippen molar-refractivity contribution in [1.82, 2.24) is 0 Å². The molecule has 70 valence electrons. The average molecular weight is 184 g/mol. The molecule has 0 aromatic rings. The molecule has 0 aliphatic rings. The maximum Gasteiger partial charge on any atom is 0.295 e. The molecule has 0 amide bonds. The molecule has 0 bridgehead atoms. The van der Waals surface area contributed by atoms with Crippen LogP contribution >= 0.6 is 0 Å². The summed E-state index contributed by atoms with van der Waals surface area (Å²) in [5.41, 5.74) is -0.279. The number of hydrogen-bond donors (Lipinski definition) is 1. The van der Waals surface area contributed by atoms with E-state index in [1.54, 1.807) is 13.0 Å². The molecule has 0 aliphatic heterocycles. The molecule has 0 unspecified atom stereocenters. The Kier molecular flexibility index (Phi) is 4.72. The van der Waals surface area contributed by atoms with E-state index in [1.165, 1.54) is 0 Å². The van der Waals surface area contributed by atoms with Gasteiger partial charge in [0.1, 0.15) is 11.6 Å². The van der Waals surface area contributed by atoms with Crippen molar-refractivity contribution in [3.8, 4) is 6.07 Å². The smallest absolute Gasteiger partial charge is 0.295 e. The van der Waals surface area contributed by atoms with E-state index in [0.717, 1.165) is 6.08 Å². The van der Waals surface area contributed by atoms with Crippen LogP contribution in [0.4, 0.5) is 0 Å². The fourth-order valence-corrected chi connectivity index (χ4v) is 0.506. The number of allylic oxidation sites excluding steroid dienone is 2. The van der Waals surface area contributed by atoms with Gasteiger partial charge in [-0.1, -0.05) is 0 Å². The Morgan fingerprint density at radius 2 is 2.46 bits per heavy atom. The summed E-state index contributed by atoms with van der Waals surface area (Å²) in [5.74, 6) is -0.608. The standard InChI is InChI=1S/C7H8N2O4/c1-2-13-7(10)6(5-8)3-4-9(11)12/h3-4,10H,2H2,1H3/b4-3+,7-6-. The van der Waals surface area contributed by atoms with Crippen molar-refractivity contribution in [2.75, 3.05) is 6.61 Å². The number of nitrogens with zero attached hydrogens (tertiary/aromatic N) is 2. The first kappa shape index (κ1) is 11.0. The molecule has 0 aromatic heterocycles. The van der Waals surface area contributed by atoms with Gasteiger partial charge in [0.05, 0.1) is 11.5 Å². The lowest BCUT2D eigenvalue weighted by Crippen LogP contribution is -1.94. The van der Waals surface area contributed by atoms with Crippen molar-refractivity contribution in [3.05, 3.63) is 33.9 Å². The summed E-state index contributed by atoms with van der Waals surface area (Å²) >= 11 is 0. The van der Waals surface area contributed by atoms with Gasteiger partial charge >= 0.3 is 0 Å². The third-order valence-electron chi connectivity index (χ3n) is 0.995. The lowest BCUT2D eigenvalue weighted by molar-refractivity contribution is -0.402. The first-order valence-corrected chi connectivity index (χ1v) is 3.39. The van der Waals surface area contributed by atoms with Gasteiger partial charge in [0.15, 0.2) is 0 Å². The lowest BCUT2D eigenvalue weighted by atomic mass is 10.3. The predicted octanol–water partition coefficient (Wildman–Crippen LogP) is 1.11. The Labute approximate surface area is 74.5 Å². The van der Waals surface area contributed by atoms with Gasteiger partial charge in [-0.05, 0) is 6.92 Å². The molecule has 0 heterocycles.